The summed E-state index contributed by atoms with van der Waals surface area (Å²) in [6.07, 6.45) is 0.975. The average Bonchev–Trinajstić information content (AvgIpc) is 3.40. The molecule has 1 aromatic carbocycles. The highest BCUT2D eigenvalue weighted by atomic mass is 32.2. The number of ether oxygens (including phenoxy) is 3. The van der Waals surface area contributed by atoms with Crippen LogP contribution >= 0.6 is 0 Å². The molecular weight excluding hydrogens is 600 g/mol. The third-order valence-corrected chi connectivity index (χ3v) is 11.5. The average molecular weight is 641 g/mol. The standard InChI is InChI=1S/C27H40N6O8S2/c1-28-25-24(14-23-26(31-25)39-12-11-32(23)3)43(37,38)33-9-7-27(8-10-33)15-19(17-41-27)30-16-20(34)18-40-21-5-4-6-22(13-21)42(35,36)29-2/h4-6,13-14,19-20,29-30,34H,7-12,15-18H2,1-3H3,(H,28,31)/t19?,20-/m0/s1. The molecule has 2 atom stereocenters. The molecule has 0 amide bonds. The fourth-order valence-electron chi connectivity index (χ4n) is 5.62. The first-order valence-electron chi connectivity index (χ1n) is 14.2. The van der Waals surface area contributed by atoms with Gasteiger partial charge in [0, 0.05) is 45.8 Å². The summed E-state index contributed by atoms with van der Waals surface area (Å²) in [5, 5.41) is 16.7. The molecule has 2 fully saturated rings. The molecule has 1 unspecified atom stereocenters. The Hall–Kier alpha value is -2.73. The van der Waals surface area contributed by atoms with Gasteiger partial charge in [0.15, 0.2) is 0 Å². The summed E-state index contributed by atoms with van der Waals surface area (Å²) < 4.78 is 72.6. The largest absolute Gasteiger partial charge is 0.491 e. The van der Waals surface area contributed by atoms with Gasteiger partial charge in [0.25, 0.3) is 0 Å². The number of fused-ring (bicyclic) bond motifs is 1. The molecule has 3 aliphatic rings. The first-order valence-corrected chi connectivity index (χ1v) is 17.2. The lowest BCUT2D eigenvalue weighted by Crippen LogP contribution is -2.47. The smallest absolute Gasteiger partial charge is 0.246 e. The number of rotatable bonds is 11. The minimum absolute atomic E-state index is 0.00168. The maximum absolute atomic E-state index is 13.7. The van der Waals surface area contributed by atoms with E-state index >= 15 is 0 Å². The van der Waals surface area contributed by atoms with Crippen molar-refractivity contribution in [3.8, 4) is 11.6 Å². The summed E-state index contributed by atoms with van der Waals surface area (Å²) in [4.78, 5) is 6.58. The topological polar surface area (TPSA) is 172 Å². The zero-order valence-electron chi connectivity index (χ0n) is 24.6. The van der Waals surface area contributed by atoms with Crippen LogP contribution in [0.15, 0.2) is 40.1 Å². The lowest BCUT2D eigenvalue weighted by molar-refractivity contribution is -0.0312. The van der Waals surface area contributed by atoms with E-state index in [2.05, 4.69) is 20.3 Å². The first-order chi connectivity index (χ1) is 20.5. The lowest BCUT2D eigenvalue weighted by atomic mass is 9.88. The quantitative estimate of drug-likeness (QED) is 0.263. The second-order valence-electron chi connectivity index (χ2n) is 11.0. The van der Waals surface area contributed by atoms with Crippen LogP contribution in [0.1, 0.15) is 19.3 Å². The van der Waals surface area contributed by atoms with Gasteiger partial charge in [0.2, 0.25) is 25.9 Å². The SMILES string of the molecule is CNc1nc2c(cc1S(=O)(=O)N1CCC3(CC1)CC(NC[C@H](O)COc1cccc(S(=O)(=O)NC)c1)CO3)N(C)CCO2. The third kappa shape index (κ3) is 6.84. The number of hydrogen-bond donors (Lipinski definition) is 4. The van der Waals surface area contributed by atoms with Crippen molar-refractivity contribution in [1.82, 2.24) is 19.3 Å². The van der Waals surface area contributed by atoms with E-state index in [1.54, 1.807) is 25.2 Å². The Morgan fingerprint density at radius 3 is 2.65 bits per heavy atom. The number of sulfonamides is 2. The molecule has 0 bridgehead atoms. The van der Waals surface area contributed by atoms with Gasteiger partial charge in [-0.2, -0.15) is 9.29 Å². The van der Waals surface area contributed by atoms with Gasteiger partial charge >= 0.3 is 0 Å². The van der Waals surface area contributed by atoms with Crippen molar-refractivity contribution < 1.29 is 36.2 Å². The highest BCUT2D eigenvalue weighted by Crippen LogP contribution is 2.40. The van der Waals surface area contributed by atoms with Crippen molar-refractivity contribution in [2.24, 2.45) is 0 Å². The summed E-state index contributed by atoms with van der Waals surface area (Å²) >= 11 is 0. The number of aromatic nitrogens is 1. The van der Waals surface area contributed by atoms with Crippen molar-refractivity contribution in [3.63, 3.8) is 0 Å². The lowest BCUT2D eigenvalue weighted by Gasteiger charge is -2.38. The van der Waals surface area contributed by atoms with Crippen molar-refractivity contribution in [1.29, 1.82) is 0 Å². The Bertz CT molecular complexity index is 1520. The van der Waals surface area contributed by atoms with Gasteiger partial charge in [0.1, 0.15) is 41.5 Å². The number of nitrogens with one attached hydrogen (secondary N) is 3. The number of aliphatic hydroxyl groups is 1. The van der Waals surface area contributed by atoms with E-state index in [-0.39, 0.29) is 34.8 Å². The number of piperidine rings is 1. The third-order valence-electron chi connectivity index (χ3n) is 8.18. The van der Waals surface area contributed by atoms with E-state index in [1.807, 2.05) is 11.9 Å². The molecule has 0 saturated carbocycles. The minimum atomic E-state index is -3.81. The van der Waals surface area contributed by atoms with Gasteiger partial charge in [-0.05, 0) is 44.5 Å². The van der Waals surface area contributed by atoms with Crippen LogP contribution in [0.4, 0.5) is 11.5 Å². The van der Waals surface area contributed by atoms with Gasteiger partial charge < -0.3 is 34.9 Å². The molecule has 5 rings (SSSR count). The van der Waals surface area contributed by atoms with E-state index < -0.39 is 31.8 Å². The van der Waals surface area contributed by atoms with Crippen molar-refractivity contribution in [3.05, 3.63) is 30.3 Å². The molecule has 1 spiro atoms. The van der Waals surface area contributed by atoms with Gasteiger partial charge in [-0.3, -0.25) is 0 Å². The molecule has 0 aliphatic carbocycles. The number of aliphatic hydroxyl groups excluding tert-OH is 1. The summed E-state index contributed by atoms with van der Waals surface area (Å²) in [7, 11) is -2.55. The second-order valence-corrected chi connectivity index (χ2v) is 14.8. The molecule has 2 aromatic rings. The Kier molecular flexibility index (Phi) is 9.37. The van der Waals surface area contributed by atoms with E-state index in [0.29, 0.717) is 69.4 Å². The number of anilines is 2. The monoisotopic (exact) mass is 640 g/mol. The fourth-order valence-corrected chi connectivity index (χ4v) is 7.98. The molecule has 238 valence electrons. The van der Waals surface area contributed by atoms with Crippen LogP contribution in [0.3, 0.4) is 0 Å². The highest BCUT2D eigenvalue weighted by molar-refractivity contribution is 7.89. The van der Waals surface area contributed by atoms with Crippen LogP contribution < -0.4 is 29.7 Å². The Morgan fingerprint density at radius 2 is 1.93 bits per heavy atom. The van der Waals surface area contributed by atoms with E-state index in [4.69, 9.17) is 14.2 Å². The summed E-state index contributed by atoms with van der Waals surface area (Å²) in [6, 6.07) is 7.71. The van der Waals surface area contributed by atoms with Crippen LogP contribution in [0, 0.1) is 0 Å². The van der Waals surface area contributed by atoms with Crippen LogP contribution in [0.25, 0.3) is 0 Å². The zero-order chi connectivity index (χ0) is 30.8. The molecule has 3 aliphatic heterocycles. The van der Waals surface area contributed by atoms with E-state index in [0.717, 1.165) is 0 Å². The molecule has 14 nitrogen and oxygen atoms in total. The van der Waals surface area contributed by atoms with Gasteiger partial charge in [0.05, 0.1) is 23.6 Å². The molecule has 43 heavy (non-hydrogen) atoms. The molecule has 4 heterocycles. The van der Waals surface area contributed by atoms with Crippen LogP contribution in [-0.2, 0) is 24.8 Å². The summed E-state index contributed by atoms with van der Waals surface area (Å²) in [5.41, 5.74) is 0.214. The highest BCUT2D eigenvalue weighted by Gasteiger charge is 2.45. The summed E-state index contributed by atoms with van der Waals surface area (Å²) in [5.74, 6) is 1.01. The molecule has 0 radical (unpaired) electrons. The van der Waals surface area contributed by atoms with Gasteiger partial charge in [-0.25, -0.2) is 21.6 Å². The Balaban J connectivity index is 1.12. The molecule has 4 N–H and O–H groups in total. The van der Waals surface area contributed by atoms with Gasteiger partial charge in [-0.15, -0.1) is 0 Å². The number of pyridine rings is 1. The number of nitrogens with zero attached hydrogens (tertiary/aromatic N) is 3. The van der Waals surface area contributed by atoms with E-state index in [1.165, 1.54) is 23.5 Å². The first kappa shape index (κ1) is 31.7. The molecule has 2 saturated heterocycles. The van der Waals surface area contributed by atoms with Gasteiger partial charge in [-0.1, -0.05) is 6.07 Å². The fraction of sp³-hybridized carbons (Fsp3) is 0.593. The number of benzene rings is 1. The molecule has 16 heteroatoms. The zero-order valence-corrected chi connectivity index (χ0v) is 26.2. The van der Waals surface area contributed by atoms with Crippen LogP contribution in [0.5, 0.6) is 11.6 Å². The van der Waals surface area contributed by atoms with Crippen LogP contribution in [-0.4, -0.2) is 116 Å². The Labute approximate surface area is 252 Å². The van der Waals surface area contributed by atoms with Crippen molar-refractivity contribution in [2.45, 2.75) is 46.8 Å². The van der Waals surface area contributed by atoms with Crippen molar-refractivity contribution in [2.75, 3.05) is 77.4 Å². The van der Waals surface area contributed by atoms with Crippen molar-refractivity contribution >= 4 is 31.6 Å². The molecule has 1 aromatic heterocycles. The minimum Gasteiger partial charge on any atom is -0.491 e. The molecular formula is C27H40N6O8S2. The van der Waals surface area contributed by atoms with E-state index in [9.17, 15) is 21.9 Å². The maximum atomic E-state index is 13.7. The van der Waals surface area contributed by atoms with Crippen LogP contribution in [0.2, 0.25) is 0 Å². The predicted molar refractivity (Wildman–Crippen MR) is 160 cm³/mol. The predicted octanol–water partition coefficient (Wildman–Crippen LogP) is 0.202. The number of hydrogen-bond acceptors (Lipinski definition) is 12. The summed E-state index contributed by atoms with van der Waals surface area (Å²) in [6.45, 7) is 2.47. The maximum Gasteiger partial charge on any atom is 0.246 e. The normalized spacial score (nSPS) is 21.3. The number of likely N-dealkylation sites (N-methyl/N-ethyl adjacent to an activating group) is 1. The Morgan fingerprint density at radius 1 is 1.16 bits per heavy atom. The second kappa shape index (κ2) is 12.7.